The summed E-state index contributed by atoms with van der Waals surface area (Å²) in [5, 5.41) is 9.19. The Bertz CT molecular complexity index is 439. The zero-order valence-electron chi connectivity index (χ0n) is 9.98. The van der Waals surface area contributed by atoms with E-state index in [-0.39, 0.29) is 0 Å². The number of hydrogen-bond donors (Lipinski definition) is 1. The summed E-state index contributed by atoms with van der Waals surface area (Å²) in [4.78, 5) is 13.3. The second-order valence-electron chi connectivity index (χ2n) is 4.88. The summed E-state index contributed by atoms with van der Waals surface area (Å²) in [5.74, 6) is 0.476. The van der Waals surface area contributed by atoms with E-state index in [1.807, 2.05) is 12.1 Å². The minimum atomic E-state index is -0.866. The van der Waals surface area contributed by atoms with Crippen LogP contribution in [0.25, 0.3) is 0 Å². The number of hydrogen-bond acceptors (Lipinski definition) is 2. The predicted molar refractivity (Wildman–Crippen MR) is 71.6 cm³/mol. The zero-order valence-corrected chi connectivity index (χ0v) is 11.6. The van der Waals surface area contributed by atoms with Crippen LogP contribution in [0.15, 0.2) is 22.7 Å². The molecule has 17 heavy (non-hydrogen) atoms. The van der Waals surface area contributed by atoms with Crippen molar-refractivity contribution in [3.8, 4) is 0 Å². The summed E-state index contributed by atoms with van der Waals surface area (Å²) >= 11 is 3.31. The van der Waals surface area contributed by atoms with Gasteiger partial charge in [0, 0.05) is 17.6 Å². The fourth-order valence-electron chi connectivity index (χ4n) is 2.09. The van der Waals surface area contributed by atoms with E-state index in [0.717, 1.165) is 23.2 Å². The maximum Gasteiger partial charge on any atom is 0.337 e. The van der Waals surface area contributed by atoms with E-state index in [9.17, 15) is 9.90 Å². The first-order valence-electron chi connectivity index (χ1n) is 5.77. The minimum Gasteiger partial charge on any atom is -0.478 e. The molecule has 0 unspecified atom stereocenters. The van der Waals surface area contributed by atoms with Crippen LogP contribution in [0.2, 0.25) is 0 Å². The fraction of sp³-hybridized carbons (Fsp3) is 0.462. The average Bonchev–Trinajstić information content (AvgIpc) is 2.16. The number of rotatable bonds is 3. The molecule has 0 aromatic heterocycles. The molecule has 1 aliphatic heterocycles. The smallest absolute Gasteiger partial charge is 0.337 e. The molecule has 1 aliphatic rings. The van der Waals surface area contributed by atoms with Crippen LogP contribution in [-0.4, -0.2) is 24.2 Å². The third-order valence-corrected chi connectivity index (χ3v) is 3.88. The van der Waals surface area contributed by atoms with Crippen molar-refractivity contribution >= 4 is 27.6 Å². The highest BCUT2D eigenvalue weighted by Gasteiger charge is 2.31. The number of aromatic carboxylic acids is 1. The Hall–Kier alpha value is -1.03. The van der Waals surface area contributed by atoms with E-state index in [0.29, 0.717) is 17.4 Å². The lowest BCUT2D eigenvalue weighted by atomic mass is 9.87. The van der Waals surface area contributed by atoms with Gasteiger partial charge in [-0.3, -0.25) is 0 Å². The fourth-order valence-corrected chi connectivity index (χ4v) is 2.45. The van der Waals surface area contributed by atoms with Gasteiger partial charge in [0.05, 0.1) is 11.3 Å². The SMILES string of the molecule is CC(C)C1CN(c2ccc(Br)cc2C(=O)O)C1. The normalized spacial score (nSPS) is 16.1. The molecule has 1 aromatic rings. The van der Waals surface area contributed by atoms with E-state index in [4.69, 9.17) is 0 Å². The Labute approximate surface area is 110 Å². The summed E-state index contributed by atoms with van der Waals surface area (Å²) in [6, 6.07) is 5.44. The largest absolute Gasteiger partial charge is 0.478 e. The molecule has 0 radical (unpaired) electrons. The Morgan fingerprint density at radius 2 is 2.12 bits per heavy atom. The number of benzene rings is 1. The van der Waals surface area contributed by atoms with Crippen molar-refractivity contribution in [2.75, 3.05) is 18.0 Å². The van der Waals surface area contributed by atoms with Gasteiger partial charge in [0.25, 0.3) is 0 Å². The topological polar surface area (TPSA) is 40.5 Å². The summed E-state index contributed by atoms with van der Waals surface area (Å²) in [5.41, 5.74) is 1.21. The average molecular weight is 298 g/mol. The maximum absolute atomic E-state index is 11.2. The van der Waals surface area contributed by atoms with Gasteiger partial charge in [-0.05, 0) is 30.0 Å². The number of carbonyl (C=O) groups is 1. The van der Waals surface area contributed by atoms with E-state index in [1.165, 1.54) is 0 Å². The van der Waals surface area contributed by atoms with E-state index in [1.54, 1.807) is 6.07 Å². The molecule has 4 heteroatoms. The van der Waals surface area contributed by atoms with Gasteiger partial charge in [0.1, 0.15) is 0 Å². The molecule has 0 atom stereocenters. The first-order chi connectivity index (χ1) is 7.99. The van der Waals surface area contributed by atoms with Crippen LogP contribution in [-0.2, 0) is 0 Å². The van der Waals surface area contributed by atoms with Crippen LogP contribution in [0.4, 0.5) is 5.69 Å². The van der Waals surface area contributed by atoms with Crippen LogP contribution < -0.4 is 4.90 Å². The standard InChI is InChI=1S/C13H16BrNO2/c1-8(2)9-6-15(7-9)12-4-3-10(14)5-11(12)13(16)17/h3-5,8-9H,6-7H2,1-2H3,(H,16,17). The first-order valence-corrected chi connectivity index (χ1v) is 6.56. The Balaban J connectivity index is 2.20. The number of carboxylic acids is 1. The van der Waals surface area contributed by atoms with E-state index < -0.39 is 5.97 Å². The van der Waals surface area contributed by atoms with Crippen molar-refractivity contribution in [3.05, 3.63) is 28.2 Å². The number of nitrogens with zero attached hydrogens (tertiary/aromatic N) is 1. The van der Waals surface area contributed by atoms with Crippen molar-refractivity contribution in [1.29, 1.82) is 0 Å². The van der Waals surface area contributed by atoms with Gasteiger partial charge >= 0.3 is 5.97 Å². The second kappa shape index (κ2) is 4.69. The molecule has 1 fully saturated rings. The van der Waals surface area contributed by atoms with Gasteiger partial charge in [0.15, 0.2) is 0 Å². The Kier molecular flexibility index (Phi) is 3.43. The molecular weight excluding hydrogens is 282 g/mol. The number of anilines is 1. The lowest BCUT2D eigenvalue weighted by molar-refractivity contribution is 0.0697. The van der Waals surface area contributed by atoms with Gasteiger partial charge in [-0.2, -0.15) is 0 Å². The number of carboxylic acid groups (broad SMARTS) is 1. The minimum absolute atomic E-state index is 0.376. The van der Waals surface area contributed by atoms with Crippen molar-refractivity contribution in [3.63, 3.8) is 0 Å². The van der Waals surface area contributed by atoms with Crippen molar-refractivity contribution < 1.29 is 9.90 Å². The van der Waals surface area contributed by atoms with Gasteiger partial charge in [-0.25, -0.2) is 4.79 Å². The lowest BCUT2D eigenvalue weighted by Gasteiger charge is -2.43. The molecule has 0 spiro atoms. The Morgan fingerprint density at radius 3 is 2.65 bits per heavy atom. The summed E-state index contributed by atoms with van der Waals surface area (Å²) in [6.45, 7) is 6.34. The van der Waals surface area contributed by atoms with Gasteiger partial charge in [0.2, 0.25) is 0 Å². The molecule has 3 nitrogen and oxygen atoms in total. The van der Waals surface area contributed by atoms with Crippen LogP contribution in [0, 0.1) is 11.8 Å². The van der Waals surface area contributed by atoms with Crippen molar-refractivity contribution in [2.45, 2.75) is 13.8 Å². The molecule has 1 heterocycles. The van der Waals surface area contributed by atoms with Crippen molar-refractivity contribution in [1.82, 2.24) is 0 Å². The highest BCUT2D eigenvalue weighted by molar-refractivity contribution is 9.10. The molecule has 2 rings (SSSR count). The molecule has 0 bridgehead atoms. The molecule has 1 saturated heterocycles. The monoisotopic (exact) mass is 297 g/mol. The summed E-state index contributed by atoms with van der Waals surface area (Å²) in [7, 11) is 0. The van der Waals surface area contributed by atoms with Gasteiger partial charge in [-0.1, -0.05) is 29.8 Å². The van der Waals surface area contributed by atoms with Crippen LogP contribution in [0.5, 0.6) is 0 Å². The molecule has 92 valence electrons. The molecule has 0 saturated carbocycles. The highest BCUT2D eigenvalue weighted by atomic mass is 79.9. The zero-order chi connectivity index (χ0) is 12.6. The summed E-state index contributed by atoms with van der Waals surface area (Å²) < 4.78 is 0.805. The van der Waals surface area contributed by atoms with E-state index >= 15 is 0 Å². The van der Waals surface area contributed by atoms with Crippen LogP contribution >= 0.6 is 15.9 Å². The Morgan fingerprint density at radius 1 is 1.47 bits per heavy atom. The van der Waals surface area contributed by atoms with Gasteiger partial charge < -0.3 is 10.0 Å². The van der Waals surface area contributed by atoms with Crippen LogP contribution in [0.1, 0.15) is 24.2 Å². The molecule has 1 N–H and O–H groups in total. The third-order valence-electron chi connectivity index (χ3n) is 3.38. The number of halogens is 1. The summed E-state index contributed by atoms with van der Waals surface area (Å²) in [6.07, 6.45) is 0. The quantitative estimate of drug-likeness (QED) is 0.931. The lowest BCUT2D eigenvalue weighted by Crippen LogP contribution is -2.49. The van der Waals surface area contributed by atoms with Crippen molar-refractivity contribution in [2.24, 2.45) is 11.8 Å². The van der Waals surface area contributed by atoms with Crippen LogP contribution in [0.3, 0.4) is 0 Å². The first kappa shape index (κ1) is 12.4. The molecule has 0 aliphatic carbocycles. The highest BCUT2D eigenvalue weighted by Crippen LogP contribution is 2.32. The molecular formula is C13H16BrNO2. The van der Waals surface area contributed by atoms with E-state index in [2.05, 4.69) is 34.7 Å². The second-order valence-corrected chi connectivity index (χ2v) is 5.79. The molecule has 1 aromatic carbocycles. The maximum atomic E-state index is 11.2. The molecule has 0 amide bonds. The third kappa shape index (κ3) is 2.46. The van der Waals surface area contributed by atoms with Gasteiger partial charge in [-0.15, -0.1) is 0 Å². The predicted octanol–water partition coefficient (Wildman–Crippen LogP) is 3.24.